The van der Waals surface area contributed by atoms with Gasteiger partial charge >= 0.3 is 11.8 Å². The van der Waals surface area contributed by atoms with Gasteiger partial charge in [0.2, 0.25) is 0 Å². The van der Waals surface area contributed by atoms with E-state index in [0.717, 1.165) is 17.5 Å². The van der Waals surface area contributed by atoms with E-state index in [1.165, 1.54) is 0 Å². The lowest BCUT2D eigenvalue weighted by Crippen LogP contribution is -2.45. The second-order valence-corrected chi connectivity index (χ2v) is 5.21. The second-order valence-electron chi connectivity index (χ2n) is 5.21. The molecule has 120 valence electrons. The maximum Gasteiger partial charge on any atom is 0.312 e. The maximum atomic E-state index is 12.1. The molecule has 6 nitrogen and oxygen atoms in total. The highest BCUT2D eigenvalue weighted by Gasteiger charge is 2.26. The fraction of sp³-hybridized carbons (Fsp3) is 0.500. The van der Waals surface area contributed by atoms with E-state index in [9.17, 15) is 9.59 Å². The van der Waals surface area contributed by atoms with Gasteiger partial charge in [0.1, 0.15) is 0 Å². The van der Waals surface area contributed by atoms with Crippen molar-refractivity contribution in [2.24, 2.45) is 0 Å². The summed E-state index contributed by atoms with van der Waals surface area (Å²) in [5, 5.41) is 2.62. The first-order valence-electron chi connectivity index (χ1n) is 7.41. The van der Waals surface area contributed by atoms with Gasteiger partial charge < -0.3 is 19.7 Å². The van der Waals surface area contributed by atoms with Gasteiger partial charge in [0.15, 0.2) is 11.5 Å². The summed E-state index contributed by atoms with van der Waals surface area (Å²) in [4.78, 5) is 25.5. The van der Waals surface area contributed by atoms with Crippen molar-refractivity contribution in [2.45, 2.75) is 26.3 Å². The van der Waals surface area contributed by atoms with Crippen molar-refractivity contribution in [2.75, 3.05) is 27.3 Å². The van der Waals surface area contributed by atoms with Gasteiger partial charge in [-0.2, -0.15) is 0 Å². The molecule has 0 unspecified atom stereocenters. The summed E-state index contributed by atoms with van der Waals surface area (Å²) >= 11 is 0. The Morgan fingerprint density at radius 3 is 2.41 bits per heavy atom. The molecule has 0 aromatic heterocycles. The lowest BCUT2D eigenvalue weighted by molar-refractivity contribution is -0.146. The molecule has 0 atom stereocenters. The number of benzene rings is 1. The van der Waals surface area contributed by atoms with E-state index in [0.29, 0.717) is 37.6 Å². The molecule has 0 spiro atoms. The minimum absolute atomic E-state index is 0.411. The van der Waals surface area contributed by atoms with Crippen LogP contribution in [-0.4, -0.2) is 44.0 Å². The third-order valence-electron chi connectivity index (χ3n) is 3.74. The van der Waals surface area contributed by atoms with E-state index in [1.807, 2.05) is 19.1 Å². The molecule has 1 aromatic carbocycles. The van der Waals surface area contributed by atoms with Gasteiger partial charge in [0.25, 0.3) is 0 Å². The molecule has 2 rings (SSSR count). The summed E-state index contributed by atoms with van der Waals surface area (Å²) in [6.45, 7) is 3.40. The van der Waals surface area contributed by atoms with Crippen LogP contribution < -0.4 is 14.8 Å². The van der Waals surface area contributed by atoms with Crippen LogP contribution in [0.15, 0.2) is 12.1 Å². The fourth-order valence-electron chi connectivity index (χ4n) is 2.51. The fourth-order valence-corrected chi connectivity index (χ4v) is 2.51. The number of ether oxygens (including phenoxy) is 2. The van der Waals surface area contributed by atoms with Gasteiger partial charge in [-0.3, -0.25) is 9.59 Å². The van der Waals surface area contributed by atoms with Crippen molar-refractivity contribution in [1.82, 2.24) is 10.2 Å². The first kappa shape index (κ1) is 16.1. The molecule has 0 saturated heterocycles. The van der Waals surface area contributed by atoms with Gasteiger partial charge in [0, 0.05) is 19.6 Å². The molecule has 1 heterocycles. The molecule has 1 aliphatic heterocycles. The van der Waals surface area contributed by atoms with Crippen LogP contribution in [0.4, 0.5) is 0 Å². The zero-order chi connectivity index (χ0) is 16.1. The molecule has 1 aliphatic rings. The van der Waals surface area contributed by atoms with Gasteiger partial charge in [0.05, 0.1) is 14.2 Å². The normalized spacial score (nSPS) is 13.3. The Balaban J connectivity index is 2.14. The van der Waals surface area contributed by atoms with Crippen LogP contribution in [0, 0.1) is 0 Å². The molecular formula is C16H22N2O4. The smallest absolute Gasteiger partial charge is 0.312 e. The first-order chi connectivity index (χ1) is 10.6. The van der Waals surface area contributed by atoms with Crippen LogP contribution in [0.2, 0.25) is 0 Å². The van der Waals surface area contributed by atoms with Crippen LogP contribution in [0.5, 0.6) is 11.5 Å². The summed E-state index contributed by atoms with van der Waals surface area (Å²) in [6.07, 6.45) is 1.50. The maximum absolute atomic E-state index is 12.1. The quantitative estimate of drug-likeness (QED) is 0.846. The molecule has 0 radical (unpaired) electrons. The number of carbonyl (C=O) groups is 2. The Labute approximate surface area is 130 Å². The lowest BCUT2D eigenvalue weighted by atomic mass is 9.98. The number of methoxy groups -OCH3 is 2. The van der Waals surface area contributed by atoms with Crippen LogP contribution in [0.1, 0.15) is 24.5 Å². The predicted molar refractivity (Wildman–Crippen MR) is 82.0 cm³/mol. The molecule has 6 heteroatoms. The SMILES string of the molecule is CCCNC(=O)C(=O)N1CCc2cc(OC)c(OC)cc2C1. The Bertz CT molecular complexity index is 572. The molecule has 1 aromatic rings. The van der Waals surface area contributed by atoms with Crippen molar-refractivity contribution in [3.05, 3.63) is 23.3 Å². The largest absolute Gasteiger partial charge is 0.493 e. The highest BCUT2D eigenvalue weighted by atomic mass is 16.5. The first-order valence-corrected chi connectivity index (χ1v) is 7.41. The van der Waals surface area contributed by atoms with Crippen LogP contribution in [0.25, 0.3) is 0 Å². The third kappa shape index (κ3) is 3.32. The highest BCUT2D eigenvalue weighted by Crippen LogP contribution is 2.33. The Morgan fingerprint density at radius 1 is 1.18 bits per heavy atom. The average Bonchev–Trinajstić information content (AvgIpc) is 2.56. The Hall–Kier alpha value is -2.24. The number of amides is 2. The highest BCUT2D eigenvalue weighted by molar-refractivity contribution is 6.35. The molecule has 2 amide bonds. The molecule has 0 aliphatic carbocycles. The number of nitrogens with one attached hydrogen (secondary N) is 1. The zero-order valence-electron chi connectivity index (χ0n) is 13.3. The summed E-state index contributed by atoms with van der Waals surface area (Å²) < 4.78 is 10.6. The van der Waals surface area contributed by atoms with E-state index in [2.05, 4.69) is 5.32 Å². The number of fused-ring (bicyclic) bond motifs is 1. The second kappa shape index (κ2) is 7.15. The summed E-state index contributed by atoms with van der Waals surface area (Å²) in [5.74, 6) is 0.298. The number of hydrogen-bond acceptors (Lipinski definition) is 4. The standard InChI is InChI=1S/C16H22N2O4/c1-4-6-17-15(19)16(20)18-7-5-11-8-13(21-2)14(22-3)9-12(11)10-18/h8-9H,4-7,10H2,1-3H3,(H,17,19). The Kier molecular flexibility index (Phi) is 5.25. The topological polar surface area (TPSA) is 67.9 Å². The monoisotopic (exact) mass is 306 g/mol. The molecular weight excluding hydrogens is 284 g/mol. The minimum Gasteiger partial charge on any atom is -0.493 e. The van der Waals surface area contributed by atoms with E-state index in [-0.39, 0.29) is 0 Å². The van der Waals surface area contributed by atoms with Crippen LogP contribution in [0.3, 0.4) is 0 Å². The Morgan fingerprint density at radius 2 is 1.82 bits per heavy atom. The van der Waals surface area contributed by atoms with E-state index >= 15 is 0 Å². The molecule has 0 saturated carbocycles. The van der Waals surface area contributed by atoms with Crippen LogP contribution in [-0.2, 0) is 22.6 Å². The minimum atomic E-state index is -0.536. The zero-order valence-corrected chi connectivity index (χ0v) is 13.3. The van der Waals surface area contributed by atoms with E-state index in [1.54, 1.807) is 19.1 Å². The number of rotatable bonds is 4. The number of nitrogens with zero attached hydrogens (tertiary/aromatic N) is 1. The van der Waals surface area contributed by atoms with Gasteiger partial charge in [-0.1, -0.05) is 6.92 Å². The predicted octanol–water partition coefficient (Wildman–Crippen LogP) is 1.11. The van der Waals surface area contributed by atoms with Crippen molar-refractivity contribution in [3.8, 4) is 11.5 Å². The molecule has 0 bridgehead atoms. The van der Waals surface area contributed by atoms with Crippen molar-refractivity contribution < 1.29 is 19.1 Å². The lowest BCUT2D eigenvalue weighted by Gasteiger charge is -2.29. The number of carbonyl (C=O) groups excluding carboxylic acids is 2. The van der Waals surface area contributed by atoms with Crippen molar-refractivity contribution >= 4 is 11.8 Å². The van der Waals surface area contributed by atoms with E-state index < -0.39 is 11.8 Å². The van der Waals surface area contributed by atoms with E-state index in [4.69, 9.17) is 9.47 Å². The van der Waals surface area contributed by atoms with Gasteiger partial charge in [-0.05, 0) is 36.1 Å². The molecule has 0 fully saturated rings. The summed E-state index contributed by atoms with van der Waals surface area (Å²) in [6, 6.07) is 3.81. The molecule has 1 N–H and O–H groups in total. The third-order valence-corrected chi connectivity index (χ3v) is 3.74. The van der Waals surface area contributed by atoms with Crippen molar-refractivity contribution in [1.29, 1.82) is 0 Å². The number of hydrogen-bond donors (Lipinski definition) is 1. The summed E-state index contributed by atoms with van der Waals surface area (Å²) in [7, 11) is 3.18. The van der Waals surface area contributed by atoms with Crippen molar-refractivity contribution in [3.63, 3.8) is 0 Å². The van der Waals surface area contributed by atoms with Gasteiger partial charge in [-0.25, -0.2) is 0 Å². The average molecular weight is 306 g/mol. The summed E-state index contributed by atoms with van der Waals surface area (Å²) in [5.41, 5.74) is 2.11. The van der Waals surface area contributed by atoms with Gasteiger partial charge in [-0.15, -0.1) is 0 Å². The van der Waals surface area contributed by atoms with Crippen LogP contribution >= 0.6 is 0 Å². The molecule has 22 heavy (non-hydrogen) atoms.